The fraction of sp³-hybridized carbons (Fsp3) is 0.360. The summed E-state index contributed by atoms with van der Waals surface area (Å²) in [4.78, 5) is 35.3. The Bertz CT molecular complexity index is 1370. The number of aryl methyl sites for hydroxylation is 2. The summed E-state index contributed by atoms with van der Waals surface area (Å²) in [6.07, 6.45) is 5.16. The largest absolute Gasteiger partial charge is 0.345 e. The van der Waals surface area contributed by atoms with Crippen LogP contribution in [-0.2, 0) is 26.1 Å². The number of rotatable bonds is 4. The first-order valence-electron chi connectivity index (χ1n) is 11.4. The average Bonchev–Trinajstić information content (AvgIpc) is 3.16. The number of carbonyl (C=O) groups excluding carboxylic acids is 1. The second-order valence-corrected chi connectivity index (χ2v) is 8.32. The molecule has 0 saturated carbocycles. The third kappa shape index (κ3) is 3.68. The quantitative estimate of drug-likeness (QED) is 0.535. The lowest BCUT2D eigenvalue weighted by atomic mass is 10.1. The summed E-state index contributed by atoms with van der Waals surface area (Å²) in [5.74, 6) is 1.45. The van der Waals surface area contributed by atoms with Gasteiger partial charge in [0, 0.05) is 25.1 Å². The summed E-state index contributed by atoms with van der Waals surface area (Å²) in [7, 11) is 0. The Balaban J connectivity index is 1.41. The zero-order chi connectivity index (χ0) is 22.1. The molecule has 164 valence electrons. The van der Waals surface area contributed by atoms with Gasteiger partial charge in [-0.1, -0.05) is 25.0 Å². The number of fused-ring (bicyclic) bond motifs is 3. The normalized spacial score (nSPS) is 14.2. The van der Waals surface area contributed by atoms with E-state index in [1.807, 2.05) is 28.8 Å². The molecule has 0 atom stereocenters. The molecule has 2 aromatic carbocycles. The highest BCUT2D eigenvalue weighted by molar-refractivity contribution is 5.97. The van der Waals surface area contributed by atoms with E-state index in [2.05, 4.69) is 21.8 Å². The molecule has 0 saturated heterocycles. The number of amides is 1. The minimum Gasteiger partial charge on any atom is -0.345 e. The molecule has 0 aliphatic carbocycles. The van der Waals surface area contributed by atoms with E-state index in [0.29, 0.717) is 23.0 Å². The van der Waals surface area contributed by atoms with E-state index >= 15 is 0 Å². The van der Waals surface area contributed by atoms with Crippen LogP contribution in [0.25, 0.3) is 21.9 Å². The Kier molecular flexibility index (Phi) is 5.47. The van der Waals surface area contributed by atoms with Crippen LogP contribution >= 0.6 is 0 Å². The lowest BCUT2D eigenvalue weighted by Crippen LogP contribution is -2.27. The van der Waals surface area contributed by atoms with Crippen molar-refractivity contribution in [2.24, 2.45) is 0 Å². The molecule has 3 heterocycles. The van der Waals surface area contributed by atoms with Gasteiger partial charge in [0.15, 0.2) is 0 Å². The second kappa shape index (κ2) is 8.57. The highest BCUT2D eigenvalue weighted by Gasteiger charge is 2.16. The van der Waals surface area contributed by atoms with Crippen LogP contribution < -0.4 is 10.9 Å². The number of hydrogen-bond acceptors (Lipinski definition) is 4. The number of imidazole rings is 1. The van der Waals surface area contributed by atoms with Gasteiger partial charge in [-0.3, -0.25) is 14.2 Å². The maximum atomic E-state index is 13.0. The van der Waals surface area contributed by atoms with E-state index in [0.717, 1.165) is 61.5 Å². The van der Waals surface area contributed by atoms with E-state index in [1.165, 1.54) is 6.42 Å². The van der Waals surface area contributed by atoms with Crippen molar-refractivity contribution in [3.63, 3.8) is 0 Å². The molecule has 0 spiro atoms. The van der Waals surface area contributed by atoms with Gasteiger partial charge in [-0.05, 0) is 50.1 Å². The van der Waals surface area contributed by atoms with Gasteiger partial charge in [0.25, 0.3) is 11.5 Å². The lowest BCUT2D eigenvalue weighted by molar-refractivity contribution is 0.0949. The number of hydrogen-bond donors (Lipinski definition) is 1. The number of carbonyl (C=O) groups is 1. The summed E-state index contributed by atoms with van der Waals surface area (Å²) >= 11 is 0. The van der Waals surface area contributed by atoms with Crippen molar-refractivity contribution in [2.75, 3.05) is 0 Å². The zero-order valence-electron chi connectivity index (χ0n) is 18.3. The third-order valence-corrected chi connectivity index (χ3v) is 6.29. The molecular formula is C25H27N5O2. The van der Waals surface area contributed by atoms with Gasteiger partial charge in [-0.15, -0.1) is 0 Å². The van der Waals surface area contributed by atoms with Gasteiger partial charge >= 0.3 is 0 Å². The van der Waals surface area contributed by atoms with Crippen molar-refractivity contribution < 1.29 is 4.79 Å². The highest BCUT2D eigenvalue weighted by Crippen LogP contribution is 2.18. The summed E-state index contributed by atoms with van der Waals surface area (Å²) in [6.45, 7) is 3.90. The van der Waals surface area contributed by atoms with Gasteiger partial charge in [0.1, 0.15) is 11.6 Å². The molecule has 0 fully saturated rings. The topological polar surface area (TPSA) is 81.8 Å². The molecule has 32 heavy (non-hydrogen) atoms. The van der Waals surface area contributed by atoms with Crippen LogP contribution in [0.1, 0.15) is 54.6 Å². The average molecular weight is 430 g/mol. The van der Waals surface area contributed by atoms with Crippen molar-refractivity contribution in [3.8, 4) is 0 Å². The van der Waals surface area contributed by atoms with Crippen LogP contribution in [0.3, 0.4) is 0 Å². The molecule has 4 aromatic rings. The first-order valence-corrected chi connectivity index (χ1v) is 11.4. The molecule has 2 aromatic heterocycles. The predicted octanol–water partition coefficient (Wildman–Crippen LogP) is 3.81. The molecule has 5 rings (SSSR count). The Labute approximate surface area is 186 Å². The van der Waals surface area contributed by atoms with Gasteiger partial charge in [0.2, 0.25) is 0 Å². The van der Waals surface area contributed by atoms with Gasteiger partial charge in [-0.2, -0.15) is 0 Å². The first-order chi connectivity index (χ1) is 15.7. The molecule has 1 amide bonds. The summed E-state index contributed by atoms with van der Waals surface area (Å²) in [5.41, 5.74) is 3.07. The second-order valence-electron chi connectivity index (χ2n) is 8.32. The fourth-order valence-corrected chi connectivity index (χ4v) is 4.61. The monoisotopic (exact) mass is 429 g/mol. The Morgan fingerprint density at radius 1 is 1.03 bits per heavy atom. The van der Waals surface area contributed by atoms with Gasteiger partial charge in [-0.25, -0.2) is 9.97 Å². The molecule has 1 aliphatic heterocycles. The molecule has 1 aliphatic rings. The van der Waals surface area contributed by atoms with Crippen molar-refractivity contribution in [1.82, 2.24) is 24.4 Å². The van der Waals surface area contributed by atoms with E-state index in [-0.39, 0.29) is 11.5 Å². The number of aromatic nitrogens is 4. The first kappa shape index (κ1) is 20.4. The number of benzene rings is 2. The molecule has 7 nitrogen and oxygen atoms in total. The van der Waals surface area contributed by atoms with E-state index in [1.54, 1.807) is 18.2 Å². The fourth-order valence-electron chi connectivity index (χ4n) is 4.61. The van der Waals surface area contributed by atoms with Crippen LogP contribution in [-0.4, -0.2) is 25.0 Å². The molecule has 0 unspecified atom stereocenters. The molecular weight excluding hydrogens is 402 g/mol. The Morgan fingerprint density at radius 2 is 1.88 bits per heavy atom. The van der Waals surface area contributed by atoms with Crippen LogP contribution in [0.15, 0.2) is 47.3 Å². The summed E-state index contributed by atoms with van der Waals surface area (Å²) in [5, 5.41) is 3.55. The van der Waals surface area contributed by atoms with Crippen molar-refractivity contribution >= 4 is 27.8 Å². The maximum Gasteiger partial charge on any atom is 0.261 e. The Morgan fingerprint density at radius 3 is 2.75 bits per heavy atom. The van der Waals surface area contributed by atoms with E-state index < -0.39 is 0 Å². The molecule has 0 radical (unpaired) electrons. The van der Waals surface area contributed by atoms with E-state index in [9.17, 15) is 9.59 Å². The molecule has 7 heteroatoms. The number of para-hydroxylation sites is 2. The third-order valence-electron chi connectivity index (χ3n) is 6.29. The van der Waals surface area contributed by atoms with Crippen molar-refractivity contribution in [3.05, 3.63) is 70.0 Å². The van der Waals surface area contributed by atoms with Crippen LogP contribution in [0.4, 0.5) is 0 Å². The molecule has 0 bridgehead atoms. The highest BCUT2D eigenvalue weighted by atomic mass is 16.1. The van der Waals surface area contributed by atoms with Crippen molar-refractivity contribution in [1.29, 1.82) is 0 Å². The zero-order valence-corrected chi connectivity index (χ0v) is 18.3. The smallest absolute Gasteiger partial charge is 0.261 e. The summed E-state index contributed by atoms with van der Waals surface area (Å²) in [6, 6.07) is 13.1. The van der Waals surface area contributed by atoms with Crippen LogP contribution in [0.5, 0.6) is 0 Å². The van der Waals surface area contributed by atoms with E-state index in [4.69, 9.17) is 4.98 Å². The number of nitrogens with zero attached hydrogens (tertiary/aromatic N) is 4. The minimum absolute atomic E-state index is 0.00415. The maximum absolute atomic E-state index is 13.0. The predicted molar refractivity (Wildman–Crippen MR) is 125 cm³/mol. The SMILES string of the molecule is CCn1c(CNC(=O)c2ccc3c(=O)n4c(nc3c2)CCCCCC4)nc2ccccc21. The van der Waals surface area contributed by atoms with Gasteiger partial charge in [0.05, 0.1) is 28.5 Å². The van der Waals surface area contributed by atoms with Crippen LogP contribution in [0.2, 0.25) is 0 Å². The molecule has 1 N–H and O–H groups in total. The van der Waals surface area contributed by atoms with Gasteiger partial charge < -0.3 is 9.88 Å². The van der Waals surface area contributed by atoms with Crippen molar-refractivity contribution in [2.45, 2.75) is 58.7 Å². The Hall–Kier alpha value is -3.48. The van der Waals surface area contributed by atoms with Crippen LogP contribution in [0, 0.1) is 0 Å². The minimum atomic E-state index is -0.199. The summed E-state index contributed by atoms with van der Waals surface area (Å²) < 4.78 is 3.92. The standard InChI is InChI=1S/C25H27N5O2/c1-2-29-21-10-7-6-9-19(21)27-23(29)16-26-24(31)17-12-13-18-20(15-17)28-22-11-5-3-4-8-14-30(22)25(18)32/h6-7,9-10,12-13,15H,2-5,8,11,14,16H2,1H3,(H,26,31). The lowest BCUT2D eigenvalue weighted by Gasteiger charge is -2.16. The number of nitrogens with one attached hydrogen (secondary N) is 1.